The molecule has 0 aromatic carbocycles. The van der Waals surface area contributed by atoms with Crippen molar-refractivity contribution in [2.24, 2.45) is 0 Å². The summed E-state index contributed by atoms with van der Waals surface area (Å²) in [7, 11) is 0. The van der Waals surface area contributed by atoms with Gasteiger partial charge in [-0.1, -0.05) is 0 Å². The molecule has 31 heavy (non-hydrogen) atoms. The second kappa shape index (κ2) is 8.91. The van der Waals surface area contributed by atoms with Crippen molar-refractivity contribution in [3.8, 4) is 0 Å². The molecule has 2 N–H and O–H groups in total. The first-order valence-electron chi connectivity index (χ1n) is 9.92. The molecule has 10 heteroatoms. The normalized spacial score (nSPS) is 14.4. The molecular formula is C21H24F3N5O2. The number of fused-ring (bicyclic) bond motifs is 1. The van der Waals surface area contributed by atoms with Crippen LogP contribution >= 0.6 is 0 Å². The van der Waals surface area contributed by atoms with Crippen LogP contribution in [0.15, 0.2) is 24.5 Å². The Bertz CT molecular complexity index is 993. The van der Waals surface area contributed by atoms with Gasteiger partial charge in [0, 0.05) is 36.6 Å². The third-order valence-corrected chi connectivity index (χ3v) is 5.17. The lowest BCUT2D eigenvalue weighted by Crippen LogP contribution is -2.28. The van der Waals surface area contributed by atoms with Crippen molar-refractivity contribution < 1.29 is 22.8 Å². The monoisotopic (exact) mass is 435 g/mol. The maximum atomic E-state index is 13.0. The fourth-order valence-electron chi connectivity index (χ4n) is 3.56. The second-order valence-corrected chi connectivity index (χ2v) is 7.43. The van der Waals surface area contributed by atoms with Gasteiger partial charge in [-0.2, -0.15) is 13.2 Å². The van der Waals surface area contributed by atoms with E-state index in [0.29, 0.717) is 35.5 Å². The number of hydrogen-bond acceptors (Lipinski definition) is 5. The molecule has 3 rings (SSSR count). The number of nitrogens with zero attached hydrogens (tertiary/aromatic N) is 3. The van der Waals surface area contributed by atoms with Gasteiger partial charge in [0.1, 0.15) is 12.4 Å². The molecule has 2 aromatic rings. The fraction of sp³-hybridized carbons (Fsp3) is 0.429. The highest BCUT2D eigenvalue weighted by atomic mass is 19.4. The van der Waals surface area contributed by atoms with Crippen LogP contribution in [0.2, 0.25) is 0 Å². The summed E-state index contributed by atoms with van der Waals surface area (Å²) in [5, 5.41) is 5.01. The van der Waals surface area contributed by atoms with Crippen molar-refractivity contribution in [1.29, 1.82) is 0 Å². The summed E-state index contributed by atoms with van der Waals surface area (Å²) >= 11 is 0. The summed E-state index contributed by atoms with van der Waals surface area (Å²) in [6, 6.07) is 3.00. The molecule has 1 aliphatic rings. The lowest BCUT2D eigenvalue weighted by molar-refractivity contribution is -0.120. The highest BCUT2D eigenvalue weighted by molar-refractivity contribution is 5.99. The van der Waals surface area contributed by atoms with Crippen LogP contribution in [0.3, 0.4) is 0 Å². The minimum atomic E-state index is -4.34. The number of anilines is 1. The third-order valence-electron chi connectivity index (χ3n) is 5.17. The third kappa shape index (κ3) is 5.12. The van der Waals surface area contributed by atoms with E-state index in [1.807, 2.05) is 13.8 Å². The Morgan fingerprint density at radius 3 is 2.71 bits per heavy atom. The van der Waals surface area contributed by atoms with Crippen molar-refractivity contribution >= 4 is 17.6 Å². The van der Waals surface area contributed by atoms with Gasteiger partial charge < -0.3 is 15.5 Å². The predicted octanol–water partition coefficient (Wildman–Crippen LogP) is 3.15. The van der Waals surface area contributed by atoms with E-state index >= 15 is 0 Å². The molecule has 7 nitrogen and oxygen atoms in total. The number of nitrogens with one attached hydrogen (secondary N) is 2. The van der Waals surface area contributed by atoms with Gasteiger partial charge in [0.15, 0.2) is 0 Å². The number of rotatable bonds is 7. The number of likely N-dealkylation sites (N-methyl/N-ethyl adjacent to an activating group) is 1. The number of pyridine rings is 2. The molecule has 0 bridgehead atoms. The van der Waals surface area contributed by atoms with Gasteiger partial charge in [-0.05, 0) is 44.0 Å². The quantitative estimate of drug-likeness (QED) is 0.698. The Morgan fingerprint density at radius 2 is 2.06 bits per heavy atom. The Balaban J connectivity index is 1.78. The van der Waals surface area contributed by atoms with Gasteiger partial charge in [0.25, 0.3) is 5.91 Å². The van der Waals surface area contributed by atoms with Crippen LogP contribution < -0.4 is 10.6 Å². The van der Waals surface area contributed by atoms with Crippen LogP contribution in [0.25, 0.3) is 0 Å². The molecule has 3 heterocycles. The van der Waals surface area contributed by atoms with Gasteiger partial charge in [0.05, 0.1) is 18.2 Å². The first kappa shape index (κ1) is 22.5. The van der Waals surface area contributed by atoms with Crippen LogP contribution in [0.1, 0.15) is 52.6 Å². The Hall–Kier alpha value is -3.17. The number of hydrogen-bond donors (Lipinski definition) is 2. The molecular weight excluding hydrogens is 411 g/mol. The van der Waals surface area contributed by atoms with E-state index in [1.54, 1.807) is 24.0 Å². The number of carbonyl (C=O) groups excluding carboxylic acids is 2. The molecule has 2 amide bonds. The van der Waals surface area contributed by atoms with Gasteiger partial charge in [-0.25, -0.2) is 4.98 Å². The van der Waals surface area contributed by atoms with Gasteiger partial charge >= 0.3 is 6.18 Å². The summed E-state index contributed by atoms with van der Waals surface area (Å²) < 4.78 is 37.3. The standard InChI is InChI=1S/C21H24F3N5O2/c1-4-25-18(30)8-17-16-10-29(20(31)15(16)5-6-26-17)13(3)14-7-12(2)19(27-9-14)28-11-21(22,23)24/h5-7,9,13H,4,8,10-11H2,1-3H3,(H,25,30)(H,27,28). The highest BCUT2D eigenvalue weighted by Gasteiger charge is 2.34. The average molecular weight is 435 g/mol. The molecule has 2 aromatic heterocycles. The van der Waals surface area contributed by atoms with Crippen molar-refractivity contribution in [2.45, 2.75) is 46.0 Å². The van der Waals surface area contributed by atoms with Crippen molar-refractivity contribution in [3.63, 3.8) is 0 Å². The summed E-state index contributed by atoms with van der Waals surface area (Å²) in [4.78, 5) is 35.0. The van der Waals surface area contributed by atoms with E-state index in [2.05, 4.69) is 20.6 Å². The molecule has 0 saturated heterocycles. The summed E-state index contributed by atoms with van der Waals surface area (Å²) in [6.07, 6.45) is -1.26. The fourth-order valence-corrected chi connectivity index (χ4v) is 3.56. The first-order valence-corrected chi connectivity index (χ1v) is 9.92. The number of aromatic nitrogens is 2. The van der Waals surface area contributed by atoms with Gasteiger partial charge in [-0.3, -0.25) is 14.6 Å². The maximum absolute atomic E-state index is 13.0. The van der Waals surface area contributed by atoms with Crippen LogP contribution in [-0.4, -0.2) is 45.9 Å². The van der Waals surface area contributed by atoms with Crippen LogP contribution in [0, 0.1) is 6.92 Å². The topological polar surface area (TPSA) is 87.2 Å². The summed E-state index contributed by atoms with van der Waals surface area (Å²) in [5.41, 5.74) is 3.05. The largest absolute Gasteiger partial charge is 0.405 e. The van der Waals surface area contributed by atoms with Crippen LogP contribution in [0.4, 0.5) is 19.0 Å². The van der Waals surface area contributed by atoms with Gasteiger partial charge in [0.2, 0.25) is 5.91 Å². The lowest BCUT2D eigenvalue weighted by Gasteiger charge is -2.25. The number of halogens is 3. The molecule has 0 fully saturated rings. The smallest absolute Gasteiger partial charge is 0.361 e. The van der Waals surface area contributed by atoms with E-state index in [9.17, 15) is 22.8 Å². The van der Waals surface area contributed by atoms with Gasteiger partial charge in [-0.15, -0.1) is 0 Å². The maximum Gasteiger partial charge on any atom is 0.405 e. The number of amides is 2. The number of carbonyl (C=O) groups is 2. The van der Waals surface area contributed by atoms with E-state index < -0.39 is 12.7 Å². The molecule has 0 spiro atoms. The number of aryl methyl sites for hydroxylation is 1. The summed E-state index contributed by atoms with van der Waals surface area (Å²) in [6.45, 7) is 4.96. The summed E-state index contributed by atoms with van der Waals surface area (Å²) in [5.74, 6) is -0.194. The molecule has 0 radical (unpaired) electrons. The van der Waals surface area contributed by atoms with E-state index in [4.69, 9.17) is 0 Å². The zero-order valence-electron chi connectivity index (χ0n) is 17.5. The van der Waals surface area contributed by atoms with Crippen molar-refractivity contribution in [1.82, 2.24) is 20.2 Å². The van der Waals surface area contributed by atoms with Crippen LogP contribution in [-0.2, 0) is 17.8 Å². The molecule has 1 unspecified atom stereocenters. The van der Waals surface area contributed by atoms with E-state index in [0.717, 1.165) is 5.56 Å². The van der Waals surface area contributed by atoms with E-state index in [1.165, 1.54) is 12.4 Å². The molecule has 0 aliphatic carbocycles. The zero-order valence-corrected chi connectivity index (χ0v) is 17.5. The second-order valence-electron chi connectivity index (χ2n) is 7.43. The van der Waals surface area contributed by atoms with E-state index in [-0.39, 0.29) is 30.1 Å². The Morgan fingerprint density at radius 1 is 1.32 bits per heavy atom. The highest BCUT2D eigenvalue weighted by Crippen LogP contribution is 2.33. The molecule has 1 aliphatic heterocycles. The SMILES string of the molecule is CCNC(=O)Cc1nccc2c1CN(C(C)c1cnc(NCC(F)(F)F)c(C)c1)C2=O. The number of alkyl halides is 3. The Labute approximate surface area is 178 Å². The zero-order chi connectivity index (χ0) is 22.8. The average Bonchev–Trinajstić information content (AvgIpc) is 3.04. The Kier molecular flexibility index (Phi) is 6.47. The van der Waals surface area contributed by atoms with Crippen molar-refractivity contribution in [2.75, 3.05) is 18.4 Å². The molecule has 166 valence electrons. The minimum absolute atomic E-state index is 0.0900. The van der Waals surface area contributed by atoms with Crippen LogP contribution in [0.5, 0.6) is 0 Å². The first-order chi connectivity index (χ1) is 14.6. The lowest BCUT2D eigenvalue weighted by atomic mass is 10.1. The predicted molar refractivity (Wildman–Crippen MR) is 108 cm³/mol. The molecule has 0 saturated carbocycles. The van der Waals surface area contributed by atoms with Crippen molar-refractivity contribution in [3.05, 3.63) is 52.5 Å². The molecule has 1 atom stereocenters. The minimum Gasteiger partial charge on any atom is -0.361 e.